The van der Waals surface area contributed by atoms with E-state index in [-0.39, 0.29) is 60.6 Å². The van der Waals surface area contributed by atoms with Gasteiger partial charge in [0, 0.05) is 26.7 Å². The summed E-state index contributed by atoms with van der Waals surface area (Å²) in [6.07, 6.45) is 22.3. The molecule has 0 fully saturated rings. The summed E-state index contributed by atoms with van der Waals surface area (Å²) in [5.74, 6) is 4.87. The zero-order chi connectivity index (χ0) is 28.5. The molecule has 0 aliphatic heterocycles. The van der Waals surface area contributed by atoms with Gasteiger partial charge in [0.15, 0.2) is 0 Å². The first-order valence-corrected chi connectivity index (χ1v) is 19.7. The van der Waals surface area contributed by atoms with Gasteiger partial charge in [-0.1, -0.05) is 71.8 Å². The van der Waals surface area contributed by atoms with E-state index in [9.17, 15) is 0 Å². The first-order valence-electron chi connectivity index (χ1n) is 14.3. The van der Waals surface area contributed by atoms with Gasteiger partial charge in [-0.15, -0.1) is 35.4 Å². The van der Waals surface area contributed by atoms with E-state index in [2.05, 4.69) is 111 Å². The average Bonchev–Trinajstić information content (AvgIpc) is 3.53. The first-order chi connectivity index (χ1) is 19.4. The van der Waals surface area contributed by atoms with E-state index < -0.39 is 0 Å². The van der Waals surface area contributed by atoms with E-state index in [1.165, 1.54) is 69.7 Å². The van der Waals surface area contributed by atoms with Crippen molar-refractivity contribution in [1.29, 1.82) is 0 Å². The van der Waals surface area contributed by atoms with Crippen molar-refractivity contribution < 1.29 is 44.8 Å². The Morgan fingerprint density at radius 2 is 0.881 bits per heavy atom. The number of hydrogen-bond donors (Lipinski definition) is 0. The second kappa shape index (κ2) is 18.2. The molecule has 0 heterocycles. The Kier molecular flexibility index (Phi) is 15.8. The van der Waals surface area contributed by atoms with Crippen LogP contribution in [-0.2, 0) is 57.6 Å². The smallest absolute Gasteiger partial charge is 0.366 e. The molecule has 42 heavy (non-hydrogen) atoms. The molecule has 0 nitrogen and oxygen atoms in total. The van der Waals surface area contributed by atoms with Crippen LogP contribution in [0.15, 0.2) is 84.9 Å². The Hall–Kier alpha value is -1.66. The number of hydrogen-bond acceptors (Lipinski definition) is 0. The molecular formula is C38H40Au2P2+2. The zero-order valence-corrected chi connectivity index (χ0v) is 31.3. The molecule has 0 N–H and O–H groups in total. The summed E-state index contributed by atoms with van der Waals surface area (Å²) in [5, 5.41) is 0. The van der Waals surface area contributed by atoms with Crippen LogP contribution in [0, 0.1) is 24.7 Å². The minimum Gasteiger partial charge on any atom is -0.366 e. The molecule has 4 aromatic carbocycles. The summed E-state index contributed by atoms with van der Waals surface area (Å²) in [6, 6.07) is 29.2. The van der Waals surface area contributed by atoms with E-state index >= 15 is 0 Å². The third-order valence-corrected chi connectivity index (χ3v) is 10.2. The van der Waals surface area contributed by atoms with Crippen molar-refractivity contribution in [3.8, 4) is 34.1 Å². The van der Waals surface area contributed by atoms with Crippen LogP contribution < -0.4 is 0 Å². The van der Waals surface area contributed by atoms with Gasteiger partial charge >= 0.3 is 44.8 Å². The third kappa shape index (κ3) is 9.94. The molecule has 0 atom stereocenters. The molecular weight excluding hydrogens is 912 g/mol. The van der Waals surface area contributed by atoms with Gasteiger partial charge in [-0.2, -0.15) is 0 Å². The van der Waals surface area contributed by atoms with Gasteiger partial charge in [-0.05, 0) is 74.9 Å². The Bertz CT molecular complexity index is 1420. The molecule has 0 saturated carbocycles. The summed E-state index contributed by atoms with van der Waals surface area (Å²) in [5.41, 5.74) is 12.4. The minimum atomic E-state index is 0. The summed E-state index contributed by atoms with van der Waals surface area (Å²) in [7, 11) is 0.158. The van der Waals surface area contributed by atoms with Crippen LogP contribution in [0.2, 0.25) is 0 Å². The van der Waals surface area contributed by atoms with Crippen LogP contribution in [0.25, 0.3) is 22.3 Å². The molecule has 4 aromatic rings. The molecule has 0 unspecified atom stereocenters. The predicted molar refractivity (Wildman–Crippen MR) is 181 cm³/mol. The summed E-state index contributed by atoms with van der Waals surface area (Å²) in [6.45, 7) is 9.64. The SMILES string of the molecule is C[PH+](C)CCCC[PH+](C)C.[Au+].[Au+].[C-]#Cc1ccc2c(c1)Cc1ccccc1-2.[C-]#Cc1ccc2c(c1)Cc1ccccc1-2. The largest absolute Gasteiger partial charge is 1.00 e. The minimum absolute atomic E-state index is 0. The Balaban J connectivity index is 0.000000221. The molecule has 0 radical (unpaired) electrons. The van der Waals surface area contributed by atoms with Crippen molar-refractivity contribution in [1.82, 2.24) is 0 Å². The third-order valence-electron chi connectivity index (χ3n) is 7.48. The fourth-order valence-corrected chi connectivity index (χ4v) is 7.32. The van der Waals surface area contributed by atoms with Gasteiger partial charge in [-0.25, -0.2) is 0 Å². The van der Waals surface area contributed by atoms with E-state index in [1.807, 2.05) is 12.1 Å². The Morgan fingerprint density at radius 1 is 0.524 bits per heavy atom. The summed E-state index contributed by atoms with van der Waals surface area (Å²) >= 11 is 0. The fourth-order valence-electron chi connectivity index (χ4n) is 5.40. The van der Waals surface area contributed by atoms with Crippen molar-refractivity contribution in [2.24, 2.45) is 0 Å². The maximum atomic E-state index is 7.12. The predicted octanol–water partition coefficient (Wildman–Crippen LogP) is 9.10. The Labute approximate surface area is 288 Å². The quantitative estimate of drug-likeness (QED) is 0.0533. The molecule has 6 rings (SSSR count). The van der Waals surface area contributed by atoms with Crippen LogP contribution in [0.4, 0.5) is 0 Å². The van der Waals surface area contributed by atoms with Gasteiger partial charge in [0.2, 0.25) is 0 Å². The van der Waals surface area contributed by atoms with Crippen molar-refractivity contribution in [3.05, 3.63) is 131 Å². The van der Waals surface area contributed by atoms with Crippen molar-refractivity contribution in [3.63, 3.8) is 0 Å². The Morgan fingerprint density at radius 3 is 1.24 bits per heavy atom. The molecule has 2 aliphatic rings. The fraction of sp³-hybridized carbons (Fsp3) is 0.263. The summed E-state index contributed by atoms with van der Waals surface area (Å²) in [4.78, 5) is 0. The van der Waals surface area contributed by atoms with Crippen LogP contribution in [-0.4, -0.2) is 39.0 Å². The number of rotatable bonds is 5. The normalized spacial score (nSPS) is 11.0. The van der Waals surface area contributed by atoms with Crippen LogP contribution in [0.5, 0.6) is 0 Å². The van der Waals surface area contributed by atoms with Gasteiger partial charge in [-0.3, -0.25) is 11.8 Å². The topological polar surface area (TPSA) is 0 Å². The van der Waals surface area contributed by atoms with Crippen molar-refractivity contribution >= 4 is 15.8 Å². The van der Waals surface area contributed by atoms with Gasteiger partial charge in [0.05, 0.1) is 12.3 Å². The molecule has 0 aromatic heterocycles. The van der Waals surface area contributed by atoms with Crippen LogP contribution in [0.3, 0.4) is 0 Å². The number of fused-ring (bicyclic) bond motifs is 6. The molecule has 0 spiro atoms. The zero-order valence-electron chi connectivity index (χ0n) is 24.9. The first kappa shape index (κ1) is 36.5. The van der Waals surface area contributed by atoms with Crippen LogP contribution in [0.1, 0.15) is 46.2 Å². The maximum absolute atomic E-state index is 7.12. The molecule has 222 valence electrons. The average molecular weight is 953 g/mol. The molecule has 0 saturated heterocycles. The number of benzene rings is 4. The van der Waals surface area contributed by atoms with Gasteiger partial charge in [0.25, 0.3) is 0 Å². The molecule has 4 heteroatoms. The number of unbranched alkanes of at least 4 members (excludes halogenated alkanes) is 1. The monoisotopic (exact) mass is 952 g/mol. The van der Waals surface area contributed by atoms with Crippen molar-refractivity contribution in [2.45, 2.75) is 25.7 Å². The molecule has 0 amide bonds. The van der Waals surface area contributed by atoms with Crippen molar-refractivity contribution in [2.75, 3.05) is 39.0 Å². The van der Waals surface area contributed by atoms with E-state index in [1.54, 1.807) is 0 Å². The molecule has 2 aliphatic carbocycles. The second-order valence-electron chi connectivity index (χ2n) is 11.3. The standard InChI is InChI=1S/2C15H9.C8H20P2.2Au/c2*1-2-11-7-8-15-13(9-11)10-12-5-3-4-6-14(12)15;1-9(2)7-5-6-8-10(3)4;;/h2*3-9H,10H2;5-8H2,1-4H3;;/q2*-1;;2*+1/p+2. The van der Waals surface area contributed by atoms with Gasteiger partial charge < -0.3 is 12.8 Å². The summed E-state index contributed by atoms with van der Waals surface area (Å²) < 4.78 is 0. The van der Waals surface area contributed by atoms with E-state index in [4.69, 9.17) is 12.8 Å². The van der Waals surface area contributed by atoms with Gasteiger partial charge in [0.1, 0.15) is 0 Å². The molecule has 0 bridgehead atoms. The van der Waals surface area contributed by atoms with E-state index in [0.29, 0.717) is 0 Å². The van der Waals surface area contributed by atoms with Crippen LogP contribution >= 0.6 is 15.8 Å². The second-order valence-corrected chi connectivity index (χ2v) is 17.1. The maximum Gasteiger partial charge on any atom is 1.00 e. The van der Waals surface area contributed by atoms with E-state index in [0.717, 1.165) is 24.0 Å².